The molecule has 2 aromatic rings. The Labute approximate surface area is 148 Å². The van der Waals surface area contributed by atoms with Crippen LogP contribution in [0, 0.1) is 6.92 Å². The van der Waals surface area contributed by atoms with Gasteiger partial charge in [0.25, 0.3) is 0 Å². The Morgan fingerprint density at radius 1 is 1.12 bits per heavy atom. The first-order valence-corrected chi connectivity index (χ1v) is 7.39. The number of ketones is 1. The molecule has 0 radical (unpaired) electrons. The van der Waals surface area contributed by atoms with E-state index in [1.165, 1.54) is 27.2 Å². The van der Waals surface area contributed by atoms with Crippen LogP contribution in [0.1, 0.15) is 21.7 Å². The van der Waals surface area contributed by atoms with Gasteiger partial charge in [-0.3, -0.25) is 4.79 Å². The van der Waals surface area contributed by atoms with Gasteiger partial charge in [-0.15, -0.1) is 0 Å². The summed E-state index contributed by atoms with van der Waals surface area (Å²) in [5.41, 5.74) is -1.08. The summed E-state index contributed by atoms with van der Waals surface area (Å²) in [6, 6.07) is 5.95. The van der Waals surface area contributed by atoms with E-state index in [2.05, 4.69) is 4.65 Å². The zero-order valence-corrected chi connectivity index (χ0v) is 14.2. The Balaban J connectivity index is 2.35. The number of benzene rings is 1. The van der Waals surface area contributed by atoms with Crippen LogP contribution < -0.4 is 19.8 Å². The third kappa shape index (κ3) is 4.50. The minimum Gasteiger partial charge on any atom is -0.504 e. The summed E-state index contributed by atoms with van der Waals surface area (Å²) in [5.74, 6) is -0.368. The van der Waals surface area contributed by atoms with E-state index in [9.17, 15) is 18.2 Å². The van der Waals surface area contributed by atoms with Crippen LogP contribution in [0.15, 0.2) is 39.6 Å². The molecule has 0 saturated carbocycles. The normalized spacial score (nSPS) is 10.7. The predicted molar refractivity (Wildman–Crippen MR) is 91.2 cm³/mol. The number of carbonyl (C=O) groups excluding carboxylic acids is 1. The van der Waals surface area contributed by atoms with Crippen LogP contribution in [-0.2, 0) is 0 Å². The van der Waals surface area contributed by atoms with E-state index in [4.69, 9.17) is 13.9 Å². The molecule has 0 aliphatic heterocycles. The highest BCUT2D eigenvalue weighted by Gasteiger charge is 2.25. The number of halogens is 2. The molecule has 0 atom stereocenters. The maximum absolute atomic E-state index is 12.5. The Bertz CT molecular complexity index is 891. The number of ether oxygens (including phenoxy) is 2. The van der Waals surface area contributed by atoms with Crippen LogP contribution in [0.4, 0.5) is 8.63 Å². The number of aryl methyl sites for hydroxylation is 1. The number of methoxy groups -OCH3 is 2. The van der Waals surface area contributed by atoms with Crippen molar-refractivity contribution in [3.05, 3.63) is 57.6 Å². The van der Waals surface area contributed by atoms with Gasteiger partial charge >= 0.3 is 13.1 Å². The summed E-state index contributed by atoms with van der Waals surface area (Å²) >= 11 is 0. The van der Waals surface area contributed by atoms with Gasteiger partial charge in [-0.05, 0) is 30.7 Å². The van der Waals surface area contributed by atoms with Crippen LogP contribution >= 0.6 is 0 Å². The molecule has 1 aromatic carbocycles. The Morgan fingerprint density at radius 3 is 2.42 bits per heavy atom. The van der Waals surface area contributed by atoms with Crippen LogP contribution in [0.25, 0.3) is 6.08 Å². The topological polar surface area (TPSA) is 75.0 Å². The molecule has 0 aliphatic rings. The first kappa shape index (κ1) is 19.2. The van der Waals surface area contributed by atoms with E-state index in [0.717, 1.165) is 12.1 Å². The lowest BCUT2D eigenvalue weighted by Gasteiger charge is -2.08. The van der Waals surface area contributed by atoms with Gasteiger partial charge in [0.1, 0.15) is 17.1 Å². The maximum atomic E-state index is 12.5. The minimum absolute atomic E-state index is 0.0473. The van der Waals surface area contributed by atoms with Gasteiger partial charge < -0.3 is 18.5 Å². The lowest BCUT2D eigenvalue weighted by atomic mass is 10.1. The molecule has 0 fully saturated rings. The monoisotopic (exact) mass is 364 g/mol. The maximum Gasteiger partial charge on any atom is 0.796 e. The first-order chi connectivity index (χ1) is 12.3. The fraction of sp³-hybridized carbons (Fsp3) is 0.176. The standard InChI is InChI=1S/C17H15BF2O6/c1-10-8-15(26-18(19)20)16(17(22)25-10)12(21)6-4-11-5-7-13(23-2)14(9-11)24-3/h4-9H,1-3H3/b6-4+. The fourth-order valence-electron chi connectivity index (χ4n) is 2.21. The van der Waals surface area contributed by atoms with Crippen LogP contribution in [0.5, 0.6) is 17.2 Å². The van der Waals surface area contributed by atoms with Crippen molar-refractivity contribution in [2.45, 2.75) is 6.92 Å². The fourth-order valence-corrected chi connectivity index (χ4v) is 2.21. The lowest BCUT2D eigenvalue weighted by molar-refractivity contribution is 0.104. The molecule has 1 heterocycles. The van der Waals surface area contributed by atoms with E-state index < -0.39 is 30.2 Å². The molecule has 2 rings (SSSR count). The van der Waals surface area contributed by atoms with E-state index >= 15 is 0 Å². The Morgan fingerprint density at radius 2 is 1.81 bits per heavy atom. The van der Waals surface area contributed by atoms with Crippen molar-refractivity contribution < 1.29 is 32.0 Å². The van der Waals surface area contributed by atoms with E-state index in [0.29, 0.717) is 17.1 Å². The Kier molecular flexibility index (Phi) is 6.16. The SMILES string of the molecule is COc1ccc(/C=C/C(=O)c2c(OB(F)F)cc(C)oc2=O)cc1OC. The summed E-state index contributed by atoms with van der Waals surface area (Å²) in [5, 5.41) is 0. The van der Waals surface area contributed by atoms with Crippen LogP contribution in [-0.4, -0.2) is 27.5 Å². The molecule has 6 nitrogen and oxygen atoms in total. The van der Waals surface area contributed by atoms with Gasteiger partial charge in [-0.2, -0.15) is 0 Å². The van der Waals surface area contributed by atoms with Crippen LogP contribution in [0.2, 0.25) is 0 Å². The number of rotatable bonds is 7. The zero-order valence-electron chi connectivity index (χ0n) is 14.2. The van der Waals surface area contributed by atoms with Gasteiger partial charge in [0.2, 0.25) is 0 Å². The predicted octanol–water partition coefficient (Wildman–Crippen LogP) is 3.16. The van der Waals surface area contributed by atoms with Crippen molar-refractivity contribution in [3.63, 3.8) is 0 Å². The summed E-state index contributed by atoms with van der Waals surface area (Å²) in [6.45, 7) is 1.38. The highest BCUT2D eigenvalue weighted by atomic mass is 19.2. The van der Waals surface area contributed by atoms with Crippen molar-refractivity contribution >= 4 is 19.3 Å². The van der Waals surface area contributed by atoms with Crippen molar-refractivity contribution in [1.82, 2.24) is 0 Å². The second-order valence-electron chi connectivity index (χ2n) is 5.07. The van der Waals surface area contributed by atoms with Crippen molar-refractivity contribution in [1.29, 1.82) is 0 Å². The molecule has 26 heavy (non-hydrogen) atoms. The quantitative estimate of drug-likeness (QED) is 0.427. The smallest absolute Gasteiger partial charge is 0.504 e. The van der Waals surface area contributed by atoms with Crippen molar-refractivity contribution in [3.8, 4) is 17.2 Å². The third-order valence-electron chi connectivity index (χ3n) is 3.34. The van der Waals surface area contributed by atoms with E-state index in [1.807, 2.05) is 0 Å². The molecule has 0 bridgehead atoms. The molecule has 0 amide bonds. The molecule has 136 valence electrons. The summed E-state index contributed by atoms with van der Waals surface area (Å²) < 4.78 is 44.4. The highest BCUT2D eigenvalue weighted by molar-refractivity contribution is 6.35. The third-order valence-corrected chi connectivity index (χ3v) is 3.34. The largest absolute Gasteiger partial charge is 0.796 e. The van der Waals surface area contributed by atoms with Gasteiger partial charge in [0.15, 0.2) is 17.3 Å². The average Bonchev–Trinajstić information content (AvgIpc) is 2.58. The first-order valence-electron chi connectivity index (χ1n) is 7.39. The van der Waals surface area contributed by atoms with E-state index in [-0.39, 0.29) is 5.76 Å². The Hall–Kier alpha value is -3.10. The number of hydrogen-bond acceptors (Lipinski definition) is 6. The number of carbonyl (C=O) groups is 1. The summed E-state index contributed by atoms with van der Waals surface area (Å²) in [4.78, 5) is 24.2. The van der Waals surface area contributed by atoms with Gasteiger partial charge in [0, 0.05) is 6.07 Å². The zero-order chi connectivity index (χ0) is 19.3. The summed E-state index contributed by atoms with van der Waals surface area (Å²) in [6.07, 6.45) is 2.46. The average molecular weight is 364 g/mol. The van der Waals surface area contributed by atoms with Gasteiger partial charge in [-0.25, -0.2) is 13.4 Å². The minimum atomic E-state index is -3.18. The second-order valence-corrected chi connectivity index (χ2v) is 5.07. The second kappa shape index (κ2) is 8.33. The molecule has 0 saturated heterocycles. The molecule has 0 unspecified atom stereocenters. The molecular formula is C17H15BF2O6. The lowest BCUT2D eigenvalue weighted by Crippen LogP contribution is -2.19. The summed E-state index contributed by atoms with van der Waals surface area (Å²) in [7, 11) is -0.238. The van der Waals surface area contributed by atoms with Gasteiger partial charge in [0.05, 0.1) is 14.2 Å². The highest BCUT2D eigenvalue weighted by Crippen LogP contribution is 2.28. The van der Waals surface area contributed by atoms with Crippen molar-refractivity contribution in [2.75, 3.05) is 14.2 Å². The molecule has 0 N–H and O–H groups in total. The number of allylic oxidation sites excluding steroid dienone is 1. The molecule has 9 heteroatoms. The van der Waals surface area contributed by atoms with E-state index in [1.54, 1.807) is 18.2 Å². The molecule has 0 aliphatic carbocycles. The molecule has 0 spiro atoms. The number of hydrogen-bond donors (Lipinski definition) is 0. The van der Waals surface area contributed by atoms with Gasteiger partial charge in [-0.1, -0.05) is 12.1 Å². The molecule has 1 aromatic heterocycles. The van der Waals surface area contributed by atoms with Crippen LogP contribution in [0.3, 0.4) is 0 Å². The van der Waals surface area contributed by atoms with Crippen molar-refractivity contribution in [2.24, 2.45) is 0 Å². The molecular weight excluding hydrogens is 349 g/mol.